The van der Waals surface area contributed by atoms with Crippen LogP contribution < -0.4 is 4.72 Å². The largest absolute Gasteiger partial charge is 0.465 e. The quantitative estimate of drug-likeness (QED) is 0.678. The molecule has 0 unspecified atom stereocenters. The van der Waals surface area contributed by atoms with Crippen molar-refractivity contribution in [3.8, 4) is 0 Å². The van der Waals surface area contributed by atoms with Gasteiger partial charge < -0.3 is 9.64 Å². The number of fused-ring (bicyclic) bond motifs is 1. The third-order valence-corrected chi connectivity index (χ3v) is 7.96. The molecule has 162 valence electrons. The topological polar surface area (TPSA) is 92.8 Å². The molecule has 1 amide bonds. The molecule has 2 heterocycles. The summed E-state index contributed by atoms with van der Waals surface area (Å²) in [6.45, 7) is 4.14. The number of rotatable bonds is 6. The smallest absolute Gasteiger partial charge is 0.340 e. The molecule has 7 nitrogen and oxygen atoms in total. The lowest BCUT2D eigenvalue weighted by Gasteiger charge is -2.28. The predicted molar refractivity (Wildman–Crippen MR) is 110 cm³/mol. The van der Waals surface area contributed by atoms with Crippen LogP contribution in [0, 0.1) is 11.7 Å². The number of esters is 1. The molecule has 0 radical (unpaired) electrons. The number of benzene rings is 1. The molecular formula is C20H23FN2O5S2. The van der Waals surface area contributed by atoms with Crippen molar-refractivity contribution in [2.75, 3.05) is 13.7 Å². The van der Waals surface area contributed by atoms with Gasteiger partial charge in [0, 0.05) is 23.9 Å². The maximum atomic E-state index is 13.4. The molecule has 1 aliphatic rings. The Balaban J connectivity index is 1.94. The van der Waals surface area contributed by atoms with Crippen LogP contribution in [0.2, 0.25) is 0 Å². The molecule has 0 saturated carbocycles. The highest BCUT2D eigenvalue weighted by Gasteiger charge is 2.35. The van der Waals surface area contributed by atoms with Crippen molar-refractivity contribution in [3.63, 3.8) is 0 Å². The summed E-state index contributed by atoms with van der Waals surface area (Å²) in [5, 5.41) is 0. The van der Waals surface area contributed by atoms with Crippen LogP contribution in [0.25, 0.3) is 0 Å². The van der Waals surface area contributed by atoms with Crippen molar-refractivity contribution in [3.05, 3.63) is 51.7 Å². The van der Waals surface area contributed by atoms with Gasteiger partial charge in [0.15, 0.2) is 0 Å². The molecule has 0 bridgehead atoms. The second-order valence-electron chi connectivity index (χ2n) is 7.28. The number of amides is 1. The molecule has 3 rings (SSSR count). The van der Waals surface area contributed by atoms with Crippen molar-refractivity contribution in [1.82, 2.24) is 9.62 Å². The molecule has 10 heteroatoms. The normalized spacial score (nSPS) is 14.0. The monoisotopic (exact) mass is 454 g/mol. The lowest BCUT2D eigenvalue weighted by molar-refractivity contribution is -0.135. The van der Waals surface area contributed by atoms with Crippen LogP contribution in [-0.4, -0.2) is 38.8 Å². The van der Waals surface area contributed by atoms with E-state index in [1.165, 1.54) is 25.3 Å². The summed E-state index contributed by atoms with van der Waals surface area (Å²) in [5.41, 5.74) is 1.07. The molecule has 0 fully saturated rings. The Bertz CT molecular complexity index is 1080. The summed E-state index contributed by atoms with van der Waals surface area (Å²) in [7, 11) is -2.87. The molecule has 0 saturated heterocycles. The predicted octanol–water partition coefficient (Wildman–Crippen LogP) is 2.69. The number of hydrogen-bond acceptors (Lipinski definition) is 6. The Hall–Kier alpha value is -2.30. The van der Waals surface area contributed by atoms with Crippen molar-refractivity contribution >= 4 is 33.2 Å². The molecule has 30 heavy (non-hydrogen) atoms. The zero-order valence-electron chi connectivity index (χ0n) is 16.9. The van der Waals surface area contributed by atoms with Gasteiger partial charge in [-0.25, -0.2) is 22.3 Å². The van der Waals surface area contributed by atoms with Gasteiger partial charge in [0.05, 0.1) is 19.2 Å². The van der Waals surface area contributed by atoms with Crippen molar-refractivity contribution in [1.29, 1.82) is 0 Å². The molecule has 0 aliphatic carbocycles. The number of carbonyl (C=O) groups is 2. The van der Waals surface area contributed by atoms with Gasteiger partial charge in [0.25, 0.3) is 10.0 Å². The number of ether oxygens (including phenoxy) is 1. The Kier molecular flexibility index (Phi) is 6.59. The van der Waals surface area contributed by atoms with E-state index in [4.69, 9.17) is 4.74 Å². The molecule has 1 aromatic heterocycles. The molecule has 1 aliphatic heterocycles. The SMILES string of the molecule is COC(=O)c1c(S(=O)(=O)NCc2cccc(F)c2)sc2c1CCN(C(=O)C(C)C)C2. The molecule has 1 aromatic carbocycles. The van der Waals surface area contributed by atoms with Crippen LogP contribution in [0.1, 0.15) is 40.2 Å². The number of thiophene rings is 1. The van der Waals surface area contributed by atoms with E-state index in [-0.39, 0.29) is 34.7 Å². The Morgan fingerprint density at radius 2 is 2.07 bits per heavy atom. The van der Waals surface area contributed by atoms with Crippen molar-refractivity contribution < 1.29 is 27.1 Å². The molecule has 0 spiro atoms. The molecule has 1 N–H and O–H groups in total. The maximum absolute atomic E-state index is 13.4. The number of methoxy groups -OCH3 is 1. The van der Waals surface area contributed by atoms with Crippen LogP contribution in [0.15, 0.2) is 28.5 Å². The molecule has 2 aromatic rings. The average molecular weight is 455 g/mol. The summed E-state index contributed by atoms with van der Waals surface area (Å²) < 4.78 is 46.5. The minimum absolute atomic E-state index is 0.0147. The maximum Gasteiger partial charge on any atom is 0.340 e. The van der Waals surface area contributed by atoms with E-state index in [1.54, 1.807) is 24.8 Å². The molecular weight excluding hydrogens is 431 g/mol. The Morgan fingerprint density at radius 1 is 1.33 bits per heavy atom. The summed E-state index contributed by atoms with van der Waals surface area (Å²) in [6, 6.07) is 5.59. The third-order valence-electron chi connectivity index (χ3n) is 4.82. The van der Waals surface area contributed by atoms with Crippen LogP contribution in [0.3, 0.4) is 0 Å². The fourth-order valence-corrected chi connectivity index (χ4v) is 6.28. The van der Waals surface area contributed by atoms with E-state index < -0.39 is 21.8 Å². The van der Waals surface area contributed by atoms with E-state index in [0.717, 1.165) is 11.3 Å². The minimum Gasteiger partial charge on any atom is -0.465 e. The fourth-order valence-electron chi connectivity index (χ4n) is 3.32. The number of carbonyl (C=O) groups excluding carboxylic acids is 2. The number of hydrogen-bond donors (Lipinski definition) is 1. The van der Waals surface area contributed by atoms with Crippen LogP contribution >= 0.6 is 11.3 Å². The van der Waals surface area contributed by atoms with E-state index >= 15 is 0 Å². The first-order valence-corrected chi connectivity index (χ1v) is 11.7. The first-order valence-electron chi connectivity index (χ1n) is 9.39. The summed E-state index contributed by atoms with van der Waals surface area (Å²) in [4.78, 5) is 27.1. The summed E-state index contributed by atoms with van der Waals surface area (Å²) in [5.74, 6) is -1.41. The highest BCUT2D eigenvalue weighted by atomic mass is 32.2. The van der Waals surface area contributed by atoms with Gasteiger partial charge in [-0.2, -0.15) is 0 Å². The van der Waals surface area contributed by atoms with E-state index in [0.29, 0.717) is 29.0 Å². The first-order chi connectivity index (χ1) is 14.1. The third kappa shape index (κ3) is 4.55. The first kappa shape index (κ1) is 22.4. The molecule has 0 atom stereocenters. The van der Waals surface area contributed by atoms with Gasteiger partial charge in [-0.15, -0.1) is 11.3 Å². The zero-order valence-corrected chi connectivity index (χ0v) is 18.5. The van der Waals surface area contributed by atoms with E-state index in [2.05, 4.69) is 4.72 Å². The minimum atomic E-state index is -4.06. The van der Waals surface area contributed by atoms with Crippen molar-refractivity contribution in [2.24, 2.45) is 5.92 Å². The summed E-state index contributed by atoms with van der Waals surface area (Å²) >= 11 is 0.965. The highest BCUT2D eigenvalue weighted by Crippen LogP contribution is 2.37. The lowest BCUT2D eigenvalue weighted by Crippen LogP contribution is -2.38. The van der Waals surface area contributed by atoms with Crippen LogP contribution in [-0.2, 0) is 39.1 Å². The second-order valence-corrected chi connectivity index (χ2v) is 10.3. The lowest BCUT2D eigenvalue weighted by atomic mass is 10.0. The Morgan fingerprint density at radius 3 is 2.70 bits per heavy atom. The van der Waals surface area contributed by atoms with Gasteiger partial charge in [-0.3, -0.25) is 4.79 Å². The Labute approximate surface area is 178 Å². The average Bonchev–Trinajstić information content (AvgIpc) is 3.11. The highest BCUT2D eigenvalue weighted by molar-refractivity contribution is 7.91. The van der Waals surface area contributed by atoms with Gasteiger partial charge in [0.2, 0.25) is 5.91 Å². The number of nitrogens with zero attached hydrogens (tertiary/aromatic N) is 1. The van der Waals surface area contributed by atoms with E-state index in [9.17, 15) is 22.4 Å². The van der Waals surface area contributed by atoms with Crippen LogP contribution in [0.4, 0.5) is 4.39 Å². The van der Waals surface area contributed by atoms with Crippen LogP contribution in [0.5, 0.6) is 0 Å². The zero-order chi connectivity index (χ0) is 22.1. The number of nitrogens with one attached hydrogen (secondary N) is 1. The van der Waals surface area contributed by atoms with Gasteiger partial charge in [-0.1, -0.05) is 26.0 Å². The summed E-state index contributed by atoms with van der Waals surface area (Å²) in [6.07, 6.45) is 0.369. The van der Waals surface area contributed by atoms with Gasteiger partial charge in [0.1, 0.15) is 10.0 Å². The fraction of sp³-hybridized carbons (Fsp3) is 0.400. The van der Waals surface area contributed by atoms with E-state index in [1.807, 2.05) is 0 Å². The second kappa shape index (κ2) is 8.83. The van der Waals surface area contributed by atoms with Gasteiger partial charge in [-0.05, 0) is 29.7 Å². The number of halogens is 1. The van der Waals surface area contributed by atoms with Crippen molar-refractivity contribution in [2.45, 2.75) is 37.6 Å². The van der Waals surface area contributed by atoms with Gasteiger partial charge >= 0.3 is 5.97 Å². The number of sulfonamides is 1. The standard InChI is InChI=1S/C20H23FN2O5S2/c1-12(2)18(24)23-8-7-15-16(11-23)29-20(17(15)19(25)28-3)30(26,27)22-10-13-5-4-6-14(21)9-13/h4-6,9,12,22H,7-8,10-11H2,1-3H3.